The molecule has 23 heavy (non-hydrogen) atoms. The number of amides is 1. The van der Waals surface area contributed by atoms with Crippen molar-refractivity contribution in [1.82, 2.24) is 20.2 Å². The van der Waals surface area contributed by atoms with E-state index in [1.807, 2.05) is 36.5 Å². The van der Waals surface area contributed by atoms with Crippen molar-refractivity contribution >= 4 is 22.4 Å². The Morgan fingerprint density at radius 1 is 1.17 bits per heavy atom. The molecule has 6 nitrogen and oxygen atoms in total. The van der Waals surface area contributed by atoms with Gasteiger partial charge in [-0.1, -0.05) is 23.5 Å². The standard InChI is InChI=1S/C16H13N5OS/c22-14(12-8-11(12)10-4-3-6-17-9-10)19-16-21-20-15(23-16)13-5-1-2-7-18-13/h1-7,9,11-12H,8H2,(H,19,21,22)/t11-,12+/m1/s1. The summed E-state index contributed by atoms with van der Waals surface area (Å²) in [5.41, 5.74) is 1.87. The van der Waals surface area contributed by atoms with Gasteiger partial charge in [0.15, 0.2) is 5.01 Å². The van der Waals surface area contributed by atoms with Gasteiger partial charge in [-0.25, -0.2) is 0 Å². The molecule has 0 aromatic carbocycles. The fourth-order valence-electron chi connectivity index (χ4n) is 2.51. The van der Waals surface area contributed by atoms with E-state index >= 15 is 0 Å². The molecule has 0 bridgehead atoms. The van der Waals surface area contributed by atoms with E-state index in [-0.39, 0.29) is 17.7 Å². The zero-order chi connectivity index (χ0) is 15.6. The van der Waals surface area contributed by atoms with Crippen LogP contribution in [0.15, 0.2) is 48.9 Å². The molecule has 0 radical (unpaired) electrons. The normalized spacial score (nSPS) is 19.3. The average molecular weight is 323 g/mol. The molecule has 114 valence electrons. The number of nitrogens with one attached hydrogen (secondary N) is 1. The van der Waals surface area contributed by atoms with Crippen LogP contribution in [0.2, 0.25) is 0 Å². The molecular formula is C16H13N5OS. The van der Waals surface area contributed by atoms with Crippen LogP contribution in [0.25, 0.3) is 10.7 Å². The van der Waals surface area contributed by atoms with E-state index in [2.05, 4.69) is 25.5 Å². The summed E-state index contributed by atoms with van der Waals surface area (Å²) in [5, 5.41) is 12.2. The number of aromatic nitrogens is 4. The van der Waals surface area contributed by atoms with Gasteiger partial charge in [-0.05, 0) is 36.1 Å². The van der Waals surface area contributed by atoms with Crippen molar-refractivity contribution in [3.63, 3.8) is 0 Å². The van der Waals surface area contributed by atoms with E-state index in [1.165, 1.54) is 11.3 Å². The highest BCUT2D eigenvalue weighted by Gasteiger charge is 2.44. The number of anilines is 1. The van der Waals surface area contributed by atoms with E-state index in [0.717, 1.165) is 17.7 Å². The number of carbonyl (C=O) groups is 1. The zero-order valence-corrected chi connectivity index (χ0v) is 12.9. The van der Waals surface area contributed by atoms with Gasteiger partial charge in [-0.3, -0.25) is 14.8 Å². The van der Waals surface area contributed by atoms with E-state index in [1.54, 1.807) is 12.4 Å². The maximum Gasteiger partial charge on any atom is 0.229 e. The summed E-state index contributed by atoms with van der Waals surface area (Å²) in [6, 6.07) is 9.51. The SMILES string of the molecule is O=C(Nc1nnc(-c2ccccn2)s1)[C@H]1C[C@@H]1c1cccnc1. The van der Waals surface area contributed by atoms with Crippen molar-refractivity contribution in [2.75, 3.05) is 5.32 Å². The fraction of sp³-hybridized carbons (Fsp3) is 0.188. The molecular weight excluding hydrogens is 310 g/mol. The Morgan fingerprint density at radius 3 is 2.91 bits per heavy atom. The first-order chi connectivity index (χ1) is 11.3. The third-order valence-electron chi connectivity index (χ3n) is 3.78. The first kappa shape index (κ1) is 14.0. The summed E-state index contributed by atoms with van der Waals surface area (Å²) in [4.78, 5) is 20.6. The van der Waals surface area contributed by atoms with Crippen LogP contribution in [0.4, 0.5) is 5.13 Å². The summed E-state index contributed by atoms with van der Waals surface area (Å²) in [7, 11) is 0. The fourth-order valence-corrected chi connectivity index (χ4v) is 3.24. The molecule has 3 aromatic rings. The van der Waals surface area contributed by atoms with Gasteiger partial charge in [0.1, 0.15) is 5.69 Å². The molecule has 1 saturated carbocycles. The van der Waals surface area contributed by atoms with Crippen molar-refractivity contribution < 1.29 is 4.79 Å². The number of hydrogen-bond acceptors (Lipinski definition) is 6. The lowest BCUT2D eigenvalue weighted by molar-refractivity contribution is -0.117. The van der Waals surface area contributed by atoms with Gasteiger partial charge in [0, 0.05) is 24.5 Å². The minimum atomic E-state index is -0.0126. The van der Waals surface area contributed by atoms with Gasteiger partial charge in [0.05, 0.1) is 0 Å². The van der Waals surface area contributed by atoms with Crippen LogP contribution >= 0.6 is 11.3 Å². The van der Waals surface area contributed by atoms with Crippen molar-refractivity contribution in [3.8, 4) is 10.7 Å². The lowest BCUT2D eigenvalue weighted by Crippen LogP contribution is -2.14. The molecule has 0 saturated heterocycles. The first-order valence-corrected chi connectivity index (χ1v) is 8.08. The van der Waals surface area contributed by atoms with Crippen molar-refractivity contribution in [1.29, 1.82) is 0 Å². The molecule has 1 aliphatic carbocycles. The van der Waals surface area contributed by atoms with Crippen molar-refractivity contribution in [2.24, 2.45) is 5.92 Å². The predicted molar refractivity (Wildman–Crippen MR) is 86.9 cm³/mol. The van der Waals surface area contributed by atoms with Gasteiger partial charge in [0.25, 0.3) is 0 Å². The minimum absolute atomic E-state index is 0.0115. The van der Waals surface area contributed by atoms with E-state index in [4.69, 9.17) is 0 Å². The maximum atomic E-state index is 12.3. The molecule has 1 amide bonds. The quantitative estimate of drug-likeness (QED) is 0.798. The van der Waals surface area contributed by atoms with Crippen LogP contribution < -0.4 is 5.32 Å². The second-order valence-corrected chi connectivity index (χ2v) is 6.33. The average Bonchev–Trinajstić information content (AvgIpc) is 3.29. The monoisotopic (exact) mass is 323 g/mol. The molecule has 1 fully saturated rings. The van der Waals surface area contributed by atoms with Crippen LogP contribution in [0.3, 0.4) is 0 Å². The Bertz CT molecular complexity index is 821. The molecule has 3 heterocycles. The zero-order valence-electron chi connectivity index (χ0n) is 12.1. The van der Waals surface area contributed by atoms with Gasteiger partial charge >= 0.3 is 0 Å². The lowest BCUT2D eigenvalue weighted by Gasteiger charge is -2.00. The summed E-state index contributed by atoms with van der Waals surface area (Å²) >= 11 is 1.33. The summed E-state index contributed by atoms with van der Waals surface area (Å²) in [6.07, 6.45) is 6.12. The predicted octanol–water partition coefficient (Wildman–Crippen LogP) is 2.74. The Morgan fingerprint density at radius 2 is 2.13 bits per heavy atom. The van der Waals surface area contributed by atoms with Gasteiger partial charge < -0.3 is 5.32 Å². The summed E-state index contributed by atoms with van der Waals surface area (Å²) < 4.78 is 0. The van der Waals surface area contributed by atoms with Crippen LogP contribution in [0.1, 0.15) is 17.9 Å². The van der Waals surface area contributed by atoms with Crippen LogP contribution in [-0.4, -0.2) is 26.1 Å². The van der Waals surface area contributed by atoms with Gasteiger partial charge in [0.2, 0.25) is 11.0 Å². The summed E-state index contributed by atoms with van der Waals surface area (Å²) in [5.74, 6) is 0.232. The number of carbonyl (C=O) groups excluding carboxylic acids is 1. The molecule has 1 aliphatic rings. The maximum absolute atomic E-state index is 12.3. The molecule has 1 N–H and O–H groups in total. The first-order valence-electron chi connectivity index (χ1n) is 7.27. The van der Waals surface area contributed by atoms with Gasteiger partial charge in [-0.2, -0.15) is 0 Å². The number of hydrogen-bond donors (Lipinski definition) is 1. The second-order valence-electron chi connectivity index (χ2n) is 5.35. The molecule has 4 rings (SSSR count). The lowest BCUT2D eigenvalue weighted by atomic mass is 10.1. The Balaban J connectivity index is 1.42. The smallest absolute Gasteiger partial charge is 0.229 e. The largest absolute Gasteiger partial charge is 0.300 e. The Hall–Kier alpha value is -2.67. The topological polar surface area (TPSA) is 80.7 Å². The highest BCUT2D eigenvalue weighted by molar-refractivity contribution is 7.18. The van der Waals surface area contributed by atoms with Crippen LogP contribution in [-0.2, 0) is 4.79 Å². The van der Waals surface area contributed by atoms with E-state index in [9.17, 15) is 4.79 Å². The van der Waals surface area contributed by atoms with Crippen molar-refractivity contribution in [3.05, 3.63) is 54.5 Å². The third-order valence-corrected chi connectivity index (χ3v) is 4.64. The third kappa shape index (κ3) is 2.95. The molecule has 2 atom stereocenters. The Labute approximate surface area is 136 Å². The van der Waals surface area contributed by atoms with Crippen LogP contribution in [0, 0.1) is 5.92 Å². The molecule has 0 aliphatic heterocycles. The van der Waals surface area contributed by atoms with E-state index in [0.29, 0.717) is 10.1 Å². The number of nitrogens with zero attached hydrogens (tertiary/aromatic N) is 4. The van der Waals surface area contributed by atoms with Crippen LogP contribution in [0.5, 0.6) is 0 Å². The molecule has 0 spiro atoms. The van der Waals surface area contributed by atoms with Gasteiger partial charge in [-0.15, -0.1) is 10.2 Å². The molecule has 0 unspecified atom stereocenters. The highest BCUT2D eigenvalue weighted by Crippen LogP contribution is 2.47. The molecule has 3 aromatic heterocycles. The number of pyridine rings is 2. The second kappa shape index (κ2) is 5.85. The minimum Gasteiger partial charge on any atom is -0.300 e. The molecule has 7 heteroatoms. The highest BCUT2D eigenvalue weighted by atomic mass is 32.1. The van der Waals surface area contributed by atoms with E-state index < -0.39 is 0 Å². The summed E-state index contributed by atoms with van der Waals surface area (Å²) in [6.45, 7) is 0. The Kier molecular flexibility index (Phi) is 3.55. The number of rotatable bonds is 4. The van der Waals surface area contributed by atoms with Crippen molar-refractivity contribution in [2.45, 2.75) is 12.3 Å².